The van der Waals surface area contributed by atoms with E-state index in [1.807, 2.05) is 0 Å². The molecule has 0 saturated carbocycles. The minimum Gasteiger partial charge on any atom is -0.481 e. The van der Waals surface area contributed by atoms with E-state index < -0.39 is 18.0 Å². The number of carbonyl (C=O) groups is 4. The van der Waals surface area contributed by atoms with E-state index in [-0.39, 0.29) is 41.7 Å². The molecule has 2 heterocycles. The summed E-state index contributed by atoms with van der Waals surface area (Å²) in [5.41, 5.74) is 1.96. The fourth-order valence-electron chi connectivity index (χ4n) is 5.94. The van der Waals surface area contributed by atoms with Crippen molar-refractivity contribution < 1.29 is 47.3 Å². The van der Waals surface area contributed by atoms with Gasteiger partial charge in [0.25, 0.3) is 0 Å². The number of rotatable bonds is 8. The largest absolute Gasteiger partial charge is 0.481 e. The van der Waals surface area contributed by atoms with Crippen LogP contribution in [-0.4, -0.2) is 85.5 Å². The van der Waals surface area contributed by atoms with Crippen LogP contribution in [0.3, 0.4) is 0 Å². The zero-order valence-electron chi connectivity index (χ0n) is 26.0. The minimum absolute atomic E-state index is 0.0923. The van der Waals surface area contributed by atoms with Gasteiger partial charge in [0.15, 0.2) is 0 Å². The van der Waals surface area contributed by atoms with Crippen LogP contribution in [0.15, 0.2) is 48.5 Å². The zero-order chi connectivity index (χ0) is 32.9. The predicted molar refractivity (Wildman–Crippen MR) is 160 cm³/mol. The highest BCUT2D eigenvalue weighted by Crippen LogP contribution is 2.28. The molecular weight excluding hydrogens is 590 g/mol. The number of piperidine rings is 2. The molecule has 4 rings (SSSR count). The Bertz CT molecular complexity index is 1270. The summed E-state index contributed by atoms with van der Waals surface area (Å²) in [7, 11) is 4.05. The SMILES string of the molecule is COC(=O)C1CCN(C(=O)OC)C(CCc2ccc(F)cc2)C1.COC(=O)N1CCC(C(=O)O)CC1CCc1ccc(F)cc1. The predicted octanol–water partition coefficient (Wildman–Crippen LogP) is 5.47. The monoisotopic (exact) mass is 632 g/mol. The number of benzene rings is 2. The summed E-state index contributed by atoms with van der Waals surface area (Å²) in [6, 6.07) is 12.2. The lowest BCUT2D eigenvalue weighted by atomic mass is 9.88. The van der Waals surface area contributed by atoms with Crippen molar-refractivity contribution in [2.24, 2.45) is 11.8 Å². The Morgan fingerprint density at radius 1 is 0.689 bits per heavy atom. The number of ether oxygens (including phenoxy) is 3. The van der Waals surface area contributed by atoms with Gasteiger partial charge in [-0.1, -0.05) is 24.3 Å². The van der Waals surface area contributed by atoms with E-state index in [4.69, 9.17) is 14.2 Å². The normalized spacial score (nSPS) is 21.2. The molecule has 246 valence electrons. The third-order valence-electron chi connectivity index (χ3n) is 8.49. The van der Waals surface area contributed by atoms with Gasteiger partial charge in [0.2, 0.25) is 0 Å². The van der Waals surface area contributed by atoms with Crippen LogP contribution in [-0.2, 0) is 36.6 Å². The average molecular weight is 633 g/mol. The van der Waals surface area contributed by atoms with Crippen molar-refractivity contribution in [3.05, 3.63) is 71.3 Å². The van der Waals surface area contributed by atoms with Crippen LogP contribution < -0.4 is 0 Å². The second-order valence-corrected chi connectivity index (χ2v) is 11.3. The molecule has 4 unspecified atom stereocenters. The van der Waals surface area contributed by atoms with E-state index >= 15 is 0 Å². The number of amides is 2. The van der Waals surface area contributed by atoms with Crippen LogP contribution >= 0.6 is 0 Å². The molecule has 2 aliphatic rings. The van der Waals surface area contributed by atoms with Crippen molar-refractivity contribution in [1.29, 1.82) is 0 Å². The van der Waals surface area contributed by atoms with E-state index in [1.165, 1.54) is 45.6 Å². The number of esters is 1. The van der Waals surface area contributed by atoms with E-state index in [1.54, 1.807) is 34.1 Å². The number of likely N-dealkylation sites (tertiary alicyclic amines) is 2. The second kappa shape index (κ2) is 17.3. The molecule has 2 saturated heterocycles. The van der Waals surface area contributed by atoms with Crippen LogP contribution in [0.2, 0.25) is 0 Å². The maximum atomic E-state index is 13.0. The number of hydrogen-bond donors (Lipinski definition) is 1. The van der Waals surface area contributed by atoms with Gasteiger partial charge in [0.1, 0.15) is 11.6 Å². The third kappa shape index (κ3) is 10.4. The highest BCUT2D eigenvalue weighted by Gasteiger charge is 2.36. The van der Waals surface area contributed by atoms with Gasteiger partial charge in [-0.15, -0.1) is 0 Å². The summed E-state index contributed by atoms with van der Waals surface area (Å²) in [5.74, 6) is -2.24. The quantitative estimate of drug-likeness (QED) is 0.301. The topological polar surface area (TPSA) is 123 Å². The fourth-order valence-corrected chi connectivity index (χ4v) is 5.94. The lowest BCUT2D eigenvalue weighted by Gasteiger charge is -2.37. The Labute approximate surface area is 262 Å². The molecular formula is C33H42F2N2O8. The molecule has 4 atom stereocenters. The van der Waals surface area contributed by atoms with Gasteiger partial charge in [-0.3, -0.25) is 9.59 Å². The van der Waals surface area contributed by atoms with Gasteiger partial charge in [0, 0.05) is 25.2 Å². The Kier molecular flexibility index (Phi) is 13.6. The first-order valence-electron chi connectivity index (χ1n) is 15.0. The zero-order valence-corrected chi connectivity index (χ0v) is 26.0. The van der Waals surface area contributed by atoms with Crippen LogP contribution in [0.4, 0.5) is 18.4 Å². The van der Waals surface area contributed by atoms with Crippen molar-refractivity contribution in [3.8, 4) is 0 Å². The molecule has 45 heavy (non-hydrogen) atoms. The Morgan fingerprint density at radius 2 is 1.09 bits per heavy atom. The third-order valence-corrected chi connectivity index (χ3v) is 8.49. The van der Waals surface area contributed by atoms with Crippen molar-refractivity contribution in [3.63, 3.8) is 0 Å². The van der Waals surface area contributed by atoms with Crippen LogP contribution in [0.1, 0.15) is 49.7 Å². The second-order valence-electron chi connectivity index (χ2n) is 11.3. The Hall–Kier alpha value is -4.22. The number of nitrogens with zero attached hydrogens (tertiary/aromatic N) is 2. The molecule has 0 bridgehead atoms. The van der Waals surface area contributed by atoms with Gasteiger partial charge in [-0.2, -0.15) is 0 Å². The summed E-state index contributed by atoms with van der Waals surface area (Å²) < 4.78 is 40.3. The molecule has 0 radical (unpaired) electrons. The fraction of sp³-hybridized carbons (Fsp3) is 0.515. The molecule has 2 amide bonds. The first-order chi connectivity index (χ1) is 21.6. The highest BCUT2D eigenvalue weighted by atomic mass is 19.1. The smallest absolute Gasteiger partial charge is 0.409 e. The van der Waals surface area contributed by atoms with Gasteiger partial charge >= 0.3 is 24.1 Å². The standard InChI is InChI=1S/C17H22FNO4.C16H20FNO4/c1-22-16(20)13-9-10-19(17(21)23-2)15(11-13)8-5-12-3-6-14(18)7-4-12;1-22-16(21)18-9-8-12(15(19)20)10-14(18)7-4-11-2-5-13(17)6-3-11/h3-4,6-7,13,15H,5,8-11H2,1-2H3;2-3,5-6,12,14H,4,7-10H2,1H3,(H,19,20). The molecule has 2 aliphatic heterocycles. The average Bonchev–Trinajstić information content (AvgIpc) is 3.06. The van der Waals surface area contributed by atoms with E-state index in [9.17, 15) is 33.1 Å². The number of halogens is 2. The summed E-state index contributed by atoms with van der Waals surface area (Å²) in [4.78, 5) is 50.0. The Balaban J connectivity index is 0.000000246. The molecule has 0 aliphatic carbocycles. The van der Waals surface area contributed by atoms with E-state index in [2.05, 4.69) is 0 Å². The highest BCUT2D eigenvalue weighted by molar-refractivity contribution is 5.74. The van der Waals surface area contributed by atoms with Crippen molar-refractivity contribution >= 4 is 24.1 Å². The number of hydrogen-bond acceptors (Lipinski definition) is 7. The number of carboxylic acid groups (broad SMARTS) is 1. The summed E-state index contributed by atoms with van der Waals surface area (Å²) in [6.07, 6.45) is 3.88. The lowest BCUT2D eigenvalue weighted by Crippen LogP contribution is -2.47. The maximum absolute atomic E-state index is 13.0. The first-order valence-corrected chi connectivity index (χ1v) is 15.0. The van der Waals surface area contributed by atoms with Crippen LogP contribution in [0.25, 0.3) is 0 Å². The minimum atomic E-state index is -0.823. The maximum Gasteiger partial charge on any atom is 0.409 e. The summed E-state index contributed by atoms with van der Waals surface area (Å²) in [5, 5.41) is 9.18. The molecule has 2 aromatic rings. The van der Waals surface area contributed by atoms with Gasteiger partial charge in [0.05, 0.1) is 33.2 Å². The number of methoxy groups -OCH3 is 3. The molecule has 1 N–H and O–H groups in total. The van der Waals surface area contributed by atoms with Crippen LogP contribution in [0, 0.1) is 23.5 Å². The van der Waals surface area contributed by atoms with Gasteiger partial charge in [-0.25, -0.2) is 18.4 Å². The molecule has 12 heteroatoms. The Morgan fingerprint density at radius 3 is 1.47 bits per heavy atom. The van der Waals surface area contributed by atoms with Gasteiger partial charge in [-0.05, 0) is 86.8 Å². The molecule has 10 nitrogen and oxygen atoms in total. The number of carboxylic acids is 1. The number of aliphatic carboxylic acids is 1. The molecule has 0 aromatic heterocycles. The lowest BCUT2D eigenvalue weighted by molar-refractivity contribution is -0.147. The molecule has 2 aromatic carbocycles. The molecule has 2 fully saturated rings. The van der Waals surface area contributed by atoms with Crippen molar-refractivity contribution in [2.75, 3.05) is 34.4 Å². The number of aryl methyl sites for hydroxylation is 2. The van der Waals surface area contributed by atoms with Crippen molar-refractivity contribution in [2.45, 2.75) is 63.5 Å². The van der Waals surface area contributed by atoms with Gasteiger partial charge < -0.3 is 29.1 Å². The number of carbonyl (C=O) groups excluding carboxylic acids is 3. The molecule has 0 spiro atoms. The van der Waals surface area contributed by atoms with E-state index in [0.29, 0.717) is 64.5 Å². The van der Waals surface area contributed by atoms with Crippen molar-refractivity contribution in [1.82, 2.24) is 9.80 Å². The van der Waals surface area contributed by atoms with E-state index in [0.717, 1.165) is 11.1 Å². The first kappa shape index (κ1) is 35.3. The summed E-state index contributed by atoms with van der Waals surface area (Å²) in [6.45, 7) is 0.859. The summed E-state index contributed by atoms with van der Waals surface area (Å²) >= 11 is 0. The van der Waals surface area contributed by atoms with Crippen LogP contribution in [0.5, 0.6) is 0 Å².